The zero-order valence-corrected chi connectivity index (χ0v) is 14.9. The Morgan fingerprint density at radius 2 is 2.08 bits per heavy atom. The molecule has 0 bridgehead atoms. The molecular weight excluding hydrogens is 322 g/mol. The van der Waals surface area contributed by atoms with E-state index in [1.165, 1.54) is 11.0 Å². The number of H-pyrrole nitrogens is 1. The molecule has 2 N–H and O–H groups in total. The number of carbonyl (C=O) groups excluding carboxylic acids is 1. The molecular formula is C18H23N3O2S. The Morgan fingerprint density at radius 1 is 1.33 bits per heavy atom. The molecule has 1 saturated carbocycles. The van der Waals surface area contributed by atoms with Crippen LogP contribution in [0.25, 0.3) is 10.9 Å². The fraction of sp³-hybridized carbons (Fsp3) is 0.500. The van der Waals surface area contributed by atoms with E-state index in [2.05, 4.69) is 24.1 Å². The van der Waals surface area contributed by atoms with E-state index in [0.717, 1.165) is 12.8 Å². The maximum Gasteiger partial charge on any atom is 0.262 e. The van der Waals surface area contributed by atoms with Crippen LogP contribution in [0.3, 0.4) is 0 Å². The lowest BCUT2D eigenvalue weighted by molar-refractivity contribution is -0.123. The van der Waals surface area contributed by atoms with E-state index < -0.39 is 0 Å². The largest absolute Gasteiger partial charge is 0.352 e. The first kappa shape index (κ1) is 16.9. The third kappa shape index (κ3) is 3.29. The van der Waals surface area contributed by atoms with Crippen molar-refractivity contribution in [3.8, 4) is 0 Å². The van der Waals surface area contributed by atoms with Gasteiger partial charge in [-0.3, -0.25) is 14.2 Å². The van der Waals surface area contributed by atoms with Gasteiger partial charge in [-0.15, -0.1) is 0 Å². The summed E-state index contributed by atoms with van der Waals surface area (Å²) >= 11 is 5.26. The van der Waals surface area contributed by atoms with Crippen LogP contribution in [0.15, 0.2) is 29.1 Å². The van der Waals surface area contributed by atoms with Crippen molar-refractivity contribution in [2.24, 2.45) is 11.8 Å². The fourth-order valence-corrected chi connectivity index (χ4v) is 3.78. The maximum atomic E-state index is 12.6. The number of hydrogen-bond donors (Lipinski definition) is 2. The number of aromatic nitrogens is 2. The van der Waals surface area contributed by atoms with Crippen molar-refractivity contribution in [2.45, 2.75) is 45.7 Å². The number of aromatic amines is 1. The Hall–Kier alpha value is -1.95. The van der Waals surface area contributed by atoms with Gasteiger partial charge in [0.25, 0.3) is 5.56 Å². The Bertz CT molecular complexity index is 870. The second-order valence-corrected chi connectivity index (χ2v) is 7.20. The van der Waals surface area contributed by atoms with Gasteiger partial charge in [-0.25, -0.2) is 0 Å². The van der Waals surface area contributed by atoms with Crippen LogP contribution >= 0.6 is 12.2 Å². The van der Waals surface area contributed by atoms with Gasteiger partial charge in [0.1, 0.15) is 6.54 Å². The lowest BCUT2D eigenvalue weighted by Gasteiger charge is -2.34. The molecule has 0 aliphatic heterocycles. The topological polar surface area (TPSA) is 66.9 Å². The van der Waals surface area contributed by atoms with Gasteiger partial charge in [0.05, 0.1) is 10.9 Å². The van der Waals surface area contributed by atoms with Gasteiger partial charge >= 0.3 is 0 Å². The average molecular weight is 345 g/mol. The molecule has 2 aromatic rings. The molecule has 1 aromatic heterocycles. The molecule has 1 aliphatic carbocycles. The van der Waals surface area contributed by atoms with E-state index in [1.807, 2.05) is 12.1 Å². The molecule has 1 heterocycles. The summed E-state index contributed by atoms with van der Waals surface area (Å²) in [5, 5.41) is 3.63. The summed E-state index contributed by atoms with van der Waals surface area (Å²) in [6.45, 7) is 4.37. The van der Waals surface area contributed by atoms with Crippen molar-refractivity contribution in [1.82, 2.24) is 14.9 Å². The monoisotopic (exact) mass is 345 g/mol. The molecule has 0 saturated heterocycles. The smallest absolute Gasteiger partial charge is 0.262 e. The first-order valence-corrected chi connectivity index (χ1v) is 8.89. The number of nitrogens with one attached hydrogen (secondary N) is 2. The SMILES string of the molecule is C[C@H]1[C@H](C)CCC[C@@H]1NC(=O)Cn1c(=S)[nH]c2ccccc2c1=O. The van der Waals surface area contributed by atoms with Crippen LogP contribution in [-0.2, 0) is 11.3 Å². The zero-order valence-electron chi connectivity index (χ0n) is 14.0. The highest BCUT2D eigenvalue weighted by molar-refractivity contribution is 7.71. The first-order chi connectivity index (χ1) is 11.5. The Balaban J connectivity index is 1.81. The van der Waals surface area contributed by atoms with Gasteiger partial charge in [-0.05, 0) is 42.6 Å². The van der Waals surface area contributed by atoms with Crippen molar-refractivity contribution >= 4 is 29.0 Å². The highest BCUT2D eigenvalue weighted by Gasteiger charge is 2.28. The minimum absolute atomic E-state index is 0.0450. The molecule has 1 aromatic carbocycles. The lowest BCUT2D eigenvalue weighted by atomic mass is 9.78. The van der Waals surface area contributed by atoms with Crippen molar-refractivity contribution in [3.63, 3.8) is 0 Å². The third-order valence-electron chi connectivity index (χ3n) is 5.24. The van der Waals surface area contributed by atoms with Gasteiger partial charge in [-0.2, -0.15) is 0 Å². The summed E-state index contributed by atoms with van der Waals surface area (Å²) < 4.78 is 1.61. The van der Waals surface area contributed by atoms with Gasteiger partial charge in [0.2, 0.25) is 5.91 Å². The molecule has 24 heavy (non-hydrogen) atoms. The highest BCUT2D eigenvalue weighted by atomic mass is 32.1. The Kier molecular flexibility index (Phi) is 4.85. The van der Waals surface area contributed by atoms with Crippen molar-refractivity contribution in [3.05, 3.63) is 39.4 Å². The molecule has 0 unspecified atom stereocenters. The van der Waals surface area contributed by atoms with E-state index in [-0.39, 0.29) is 28.8 Å². The van der Waals surface area contributed by atoms with Gasteiger partial charge in [0.15, 0.2) is 4.77 Å². The average Bonchev–Trinajstić information content (AvgIpc) is 2.56. The first-order valence-electron chi connectivity index (χ1n) is 8.48. The highest BCUT2D eigenvalue weighted by Crippen LogP contribution is 2.29. The van der Waals surface area contributed by atoms with Crippen LogP contribution in [0, 0.1) is 16.6 Å². The summed E-state index contributed by atoms with van der Waals surface area (Å²) in [5.41, 5.74) is 0.466. The van der Waals surface area contributed by atoms with Crippen LogP contribution in [0.2, 0.25) is 0 Å². The van der Waals surface area contributed by atoms with Crippen molar-refractivity contribution < 1.29 is 4.79 Å². The van der Waals surface area contributed by atoms with Gasteiger partial charge in [-0.1, -0.05) is 38.8 Å². The van der Waals surface area contributed by atoms with Gasteiger partial charge < -0.3 is 10.3 Å². The third-order valence-corrected chi connectivity index (χ3v) is 5.57. The minimum atomic E-state index is -0.227. The standard InChI is InChI=1S/C18H23N3O2S/c1-11-6-5-9-14(12(11)2)19-16(22)10-21-17(23)13-7-3-4-8-15(13)20-18(21)24/h3-4,7-8,11-12,14H,5-6,9-10H2,1-2H3,(H,19,22)(H,20,24)/t11-,12+,14+/m1/s1. The molecule has 1 fully saturated rings. The van der Waals surface area contributed by atoms with Crippen molar-refractivity contribution in [2.75, 3.05) is 0 Å². The summed E-state index contributed by atoms with van der Waals surface area (Å²) in [6, 6.07) is 7.37. The fourth-order valence-electron chi connectivity index (χ4n) is 3.52. The van der Waals surface area contributed by atoms with Crippen LogP contribution in [0.4, 0.5) is 0 Å². The van der Waals surface area contributed by atoms with Crippen LogP contribution in [0.5, 0.6) is 0 Å². The minimum Gasteiger partial charge on any atom is -0.352 e. The number of benzene rings is 1. The molecule has 128 valence electrons. The Morgan fingerprint density at radius 3 is 2.88 bits per heavy atom. The number of fused-ring (bicyclic) bond motifs is 1. The number of para-hydroxylation sites is 1. The number of hydrogen-bond acceptors (Lipinski definition) is 3. The zero-order chi connectivity index (χ0) is 17.3. The molecule has 6 heteroatoms. The maximum absolute atomic E-state index is 12.6. The second-order valence-electron chi connectivity index (χ2n) is 6.81. The van der Waals surface area contributed by atoms with Crippen molar-refractivity contribution in [1.29, 1.82) is 0 Å². The lowest BCUT2D eigenvalue weighted by Crippen LogP contribution is -2.45. The van der Waals surface area contributed by atoms with E-state index >= 15 is 0 Å². The van der Waals surface area contributed by atoms with Gasteiger partial charge in [0, 0.05) is 6.04 Å². The summed E-state index contributed by atoms with van der Waals surface area (Å²) in [6.07, 6.45) is 3.34. The number of nitrogens with zero attached hydrogens (tertiary/aromatic N) is 1. The molecule has 0 spiro atoms. The summed E-state index contributed by atoms with van der Waals surface area (Å²) in [5.74, 6) is 0.902. The number of amides is 1. The molecule has 5 nitrogen and oxygen atoms in total. The molecule has 1 amide bonds. The van der Waals surface area contributed by atoms with E-state index in [4.69, 9.17) is 12.2 Å². The number of carbonyl (C=O) groups is 1. The van der Waals surface area contributed by atoms with E-state index in [1.54, 1.807) is 12.1 Å². The van der Waals surface area contributed by atoms with Crippen LogP contribution < -0.4 is 10.9 Å². The quantitative estimate of drug-likeness (QED) is 0.841. The summed E-state index contributed by atoms with van der Waals surface area (Å²) in [7, 11) is 0. The Labute approximate surface area is 146 Å². The van der Waals surface area contributed by atoms with E-state index in [9.17, 15) is 9.59 Å². The molecule has 0 radical (unpaired) electrons. The predicted molar refractivity (Wildman–Crippen MR) is 97.5 cm³/mol. The van der Waals surface area contributed by atoms with E-state index in [0.29, 0.717) is 22.7 Å². The van der Waals surface area contributed by atoms with Crippen LogP contribution in [-0.4, -0.2) is 21.5 Å². The number of rotatable bonds is 3. The summed E-state index contributed by atoms with van der Waals surface area (Å²) in [4.78, 5) is 28.1. The second kappa shape index (κ2) is 6.89. The molecule has 3 rings (SSSR count). The molecule has 1 aliphatic rings. The van der Waals surface area contributed by atoms with Crippen LogP contribution in [0.1, 0.15) is 33.1 Å². The normalized spacial score (nSPS) is 24.0. The molecule has 3 atom stereocenters. The predicted octanol–water partition coefficient (Wildman–Crippen LogP) is 3.00.